The Hall–Kier alpha value is -1.60. The van der Waals surface area contributed by atoms with Crippen molar-refractivity contribution in [3.8, 4) is 0 Å². The monoisotopic (exact) mass is 640 g/mol. The number of fused-ring (bicyclic) bond motifs is 2. The van der Waals surface area contributed by atoms with Gasteiger partial charge in [0.05, 0.1) is 11.4 Å². The highest BCUT2D eigenvalue weighted by atomic mass is 35.5. The minimum atomic E-state index is -2.76. The maximum Gasteiger partial charge on any atom is 0.405 e. The molecule has 4 aliphatic rings. The molecule has 0 spiro atoms. The maximum absolute atomic E-state index is 14.1. The van der Waals surface area contributed by atoms with Crippen molar-refractivity contribution in [3.63, 3.8) is 0 Å². The first kappa shape index (κ1) is 32.8. The van der Waals surface area contributed by atoms with E-state index in [-0.39, 0.29) is 41.3 Å². The molecule has 0 aromatic heterocycles. The normalized spacial score (nSPS) is 33.9. The predicted molar refractivity (Wildman–Crippen MR) is 170 cm³/mol. The van der Waals surface area contributed by atoms with E-state index in [1.54, 1.807) is 12.1 Å². The molecule has 242 valence electrons. The van der Waals surface area contributed by atoms with Gasteiger partial charge in [-0.3, -0.25) is 13.9 Å². The van der Waals surface area contributed by atoms with Gasteiger partial charge in [-0.15, -0.1) is 10.8 Å². The molecule has 12 heteroatoms. The fourth-order valence-corrected chi connectivity index (χ4v) is 9.97. The molecule has 8 atom stereocenters. The lowest BCUT2D eigenvalue weighted by atomic mass is 9.73. The average Bonchev–Trinajstić information content (AvgIpc) is 3.34. The Morgan fingerprint density at radius 2 is 1.91 bits per heavy atom. The van der Waals surface area contributed by atoms with E-state index >= 15 is 0 Å². The summed E-state index contributed by atoms with van der Waals surface area (Å²) in [6.07, 6.45) is 6.46. The summed E-state index contributed by atoms with van der Waals surface area (Å²) >= 11 is 6.20. The maximum atomic E-state index is 14.1. The lowest BCUT2D eigenvalue weighted by molar-refractivity contribution is -0.126. The number of carboxylic acid groups (broad SMARTS) is 1. The number of benzene rings is 1. The molecule has 10 nitrogen and oxygen atoms in total. The van der Waals surface area contributed by atoms with Crippen LogP contribution in [-0.2, 0) is 9.53 Å². The van der Waals surface area contributed by atoms with E-state index in [2.05, 4.69) is 16.0 Å². The van der Waals surface area contributed by atoms with Gasteiger partial charge >= 0.3 is 6.09 Å². The van der Waals surface area contributed by atoms with E-state index in [0.29, 0.717) is 36.4 Å². The fraction of sp³-hybridized carbons (Fsp3) is 0.742. The number of hydrogen-bond donors (Lipinski definition) is 6. The van der Waals surface area contributed by atoms with Gasteiger partial charge in [-0.2, -0.15) is 0 Å². The first-order valence-electron chi connectivity index (χ1n) is 15.9. The number of rotatable bonds is 9. The SMILES string of the molecule is CC1(C)CC([C@H](c2ccc(Cl)cc2)[C@H](NC(=O)O)C(=O)N[C@H]2CCC[C@@H]2CC[C@H]2CN[C@@H]3CCCS(O)(O)N2C3)CCO1. The Kier molecular flexibility index (Phi) is 10.5. The summed E-state index contributed by atoms with van der Waals surface area (Å²) in [6.45, 7) is 6.02. The Labute approximate surface area is 262 Å². The van der Waals surface area contributed by atoms with E-state index in [4.69, 9.17) is 16.3 Å². The summed E-state index contributed by atoms with van der Waals surface area (Å²) in [5.74, 6) is 0.0269. The second-order valence-electron chi connectivity index (χ2n) is 13.6. The number of halogens is 1. The predicted octanol–water partition coefficient (Wildman–Crippen LogP) is 5.43. The van der Waals surface area contributed by atoms with E-state index < -0.39 is 22.9 Å². The first-order chi connectivity index (χ1) is 20.4. The van der Waals surface area contributed by atoms with E-state index in [1.807, 2.05) is 30.3 Å². The van der Waals surface area contributed by atoms with Crippen LogP contribution in [0, 0.1) is 11.8 Å². The van der Waals surface area contributed by atoms with Crippen molar-refractivity contribution in [1.82, 2.24) is 20.3 Å². The summed E-state index contributed by atoms with van der Waals surface area (Å²) in [6, 6.07) is 6.69. The van der Waals surface area contributed by atoms with E-state index in [1.165, 1.54) is 0 Å². The molecule has 1 saturated carbocycles. The van der Waals surface area contributed by atoms with Gasteiger partial charge in [-0.1, -0.05) is 30.2 Å². The number of nitrogens with zero attached hydrogens (tertiary/aromatic N) is 1. The van der Waals surface area contributed by atoms with Gasteiger partial charge in [0.15, 0.2) is 0 Å². The van der Waals surface area contributed by atoms with Crippen LogP contribution in [0.1, 0.15) is 83.1 Å². The smallest absolute Gasteiger partial charge is 0.405 e. The van der Waals surface area contributed by atoms with Crippen molar-refractivity contribution >= 4 is 34.4 Å². The standard InChI is InChI=1S/C31H49ClN4O6S/c1-31(2)17-22(14-15-42-31)27(21-8-11-23(32)12-9-21)28(35-30(38)39)29(37)34-26-7-3-5-20(26)10-13-25-18-33-24-6-4-16-43(40,41)36(25)19-24/h8-9,11-12,20,22,24-28,33,35,40-41H,3-7,10,13-19H2,1-2H3,(H,34,37)(H,38,39)/t20-,22?,24-,25+,26+,27+,28+/m1/s1. The number of piperazine rings is 1. The topological polar surface area (TPSA) is 143 Å². The second-order valence-corrected chi connectivity index (χ2v) is 16.2. The van der Waals surface area contributed by atoms with Crippen molar-refractivity contribution in [3.05, 3.63) is 34.9 Å². The van der Waals surface area contributed by atoms with E-state index in [0.717, 1.165) is 63.5 Å². The van der Waals surface area contributed by atoms with Gasteiger partial charge in [0, 0.05) is 48.8 Å². The van der Waals surface area contributed by atoms with Crippen molar-refractivity contribution in [2.45, 2.75) is 107 Å². The summed E-state index contributed by atoms with van der Waals surface area (Å²) in [5.41, 5.74) is 0.501. The van der Waals surface area contributed by atoms with Crippen LogP contribution < -0.4 is 16.0 Å². The van der Waals surface area contributed by atoms with Crippen molar-refractivity contribution in [2.75, 3.05) is 25.4 Å². The van der Waals surface area contributed by atoms with Crippen LogP contribution in [0.15, 0.2) is 24.3 Å². The lowest BCUT2D eigenvalue weighted by Gasteiger charge is -2.49. The molecule has 0 radical (unpaired) electrons. The van der Waals surface area contributed by atoms with Crippen LogP contribution in [-0.4, -0.2) is 85.7 Å². The van der Waals surface area contributed by atoms with Crippen LogP contribution in [0.3, 0.4) is 0 Å². The Morgan fingerprint density at radius 1 is 1.14 bits per heavy atom. The zero-order valence-corrected chi connectivity index (χ0v) is 26.9. The molecule has 3 aliphatic heterocycles. The summed E-state index contributed by atoms with van der Waals surface area (Å²) in [4.78, 5) is 26.1. The number of nitrogens with one attached hydrogen (secondary N) is 3. The lowest BCUT2D eigenvalue weighted by Crippen LogP contribution is -2.56. The third kappa shape index (κ3) is 8.17. The minimum absolute atomic E-state index is 0.0304. The van der Waals surface area contributed by atoms with Crippen LogP contribution in [0.2, 0.25) is 5.02 Å². The van der Waals surface area contributed by atoms with Crippen molar-refractivity contribution < 1.29 is 28.5 Å². The van der Waals surface area contributed by atoms with Crippen LogP contribution in [0.5, 0.6) is 0 Å². The Balaban J connectivity index is 1.30. The van der Waals surface area contributed by atoms with Gasteiger partial charge in [0.2, 0.25) is 5.91 Å². The van der Waals surface area contributed by atoms with Gasteiger partial charge in [0.25, 0.3) is 0 Å². The van der Waals surface area contributed by atoms with Gasteiger partial charge in [-0.25, -0.2) is 9.10 Å². The first-order valence-corrected chi connectivity index (χ1v) is 17.9. The molecule has 6 N–H and O–H groups in total. The molecule has 43 heavy (non-hydrogen) atoms. The molecule has 1 aliphatic carbocycles. The number of ether oxygens (including phenoxy) is 1. The van der Waals surface area contributed by atoms with Crippen LogP contribution in [0.4, 0.5) is 4.79 Å². The Morgan fingerprint density at radius 3 is 2.63 bits per heavy atom. The number of amides is 2. The van der Waals surface area contributed by atoms with Crippen LogP contribution in [0.25, 0.3) is 0 Å². The summed E-state index contributed by atoms with van der Waals surface area (Å²) in [5, 5.41) is 19.9. The molecule has 2 unspecified atom stereocenters. The molecule has 3 heterocycles. The zero-order valence-electron chi connectivity index (χ0n) is 25.3. The number of hydrogen-bond acceptors (Lipinski definition) is 7. The molecule has 4 fully saturated rings. The van der Waals surface area contributed by atoms with Gasteiger partial charge < -0.3 is 25.8 Å². The molecular weight excluding hydrogens is 592 g/mol. The van der Waals surface area contributed by atoms with Gasteiger partial charge in [0.1, 0.15) is 6.04 Å². The quantitative estimate of drug-likeness (QED) is 0.210. The molecule has 5 rings (SSSR count). The Bertz CT molecular complexity index is 1120. The third-order valence-electron chi connectivity index (χ3n) is 10.1. The zero-order chi connectivity index (χ0) is 30.8. The number of carbonyl (C=O) groups is 2. The molecular formula is C31H49ClN4O6S. The van der Waals surface area contributed by atoms with Crippen molar-refractivity contribution in [1.29, 1.82) is 0 Å². The average molecular weight is 641 g/mol. The molecule has 2 bridgehead atoms. The van der Waals surface area contributed by atoms with Gasteiger partial charge in [-0.05, 0) is 94.7 Å². The molecule has 2 amide bonds. The summed E-state index contributed by atoms with van der Waals surface area (Å²) < 4.78 is 29.6. The second kappa shape index (κ2) is 13.8. The highest BCUT2D eigenvalue weighted by molar-refractivity contribution is 8.22. The van der Waals surface area contributed by atoms with Crippen molar-refractivity contribution in [2.24, 2.45) is 11.8 Å². The highest BCUT2D eigenvalue weighted by Crippen LogP contribution is 2.49. The molecule has 3 saturated heterocycles. The molecule has 1 aromatic carbocycles. The number of carbonyl (C=O) groups excluding carboxylic acids is 1. The van der Waals surface area contributed by atoms with Crippen LogP contribution >= 0.6 is 22.4 Å². The highest BCUT2D eigenvalue weighted by Gasteiger charge is 2.43. The minimum Gasteiger partial charge on any atom is -0.465 e. The third-order valence-corrected chi connectivity index (χ3v) is 12.4. The largest absolute Gasteiger partial charge is 0.465 e. The molecule has 1 aromatic rings. The fourth-order valence-electron chi connectivity index (χ4n) is 7.98. The summed E-state index contributed by atoms with van der Waals surface area (Å²) in [7, 11) is -2.76. The van der Waals surface area contributed by atoms with E-state index in [9.17, 15) is 23.8 Å².